The predicted octanol–water partition coefficient (Wildman–Crippen LogP) is -5.55. The third kappa shape index (κ3) is 4.64. The third-order valence-electron chi connectivity index (χ3n) is 3.54. The molecule has 0 radical (unpaired) electrons. The van der Waals surface area contributed by atoms with E-state index >= 15 is 0 Å². The Morgan fingerprint density at radius 1 is 1.00 bits per heavy atom. The molecule has 11 heteroatoms. The van der Waals surface area contributed by atoms with E-state index in [-0.39, 0.29) is 6.29 Å². The largest absolute Gasteiger partial charge is 0.394 e. The van der Waals surface area contributed by atoms with Crippen LogP contribution in [0, 0.1) is 0 Å². The number of carbonyl (C=O) groups is 1. The van der Waals surface area contributed by atoms with Gasteiger partial charge in [0.1, 0.15) is 48.8 Å². The molecule has 1 rings (SSSR count). The van der Waals surface area contributed by atoms with Crippen LogP contribution < -0.4 is 0 Å². The Hall–Kier alpha value is -0.730. The van der Waals surface area contributed by atoms with Gasteiger partial charge in [0, 0.05) is 0 Å². The van der Waals surface area contributed by atoms with Crippen molar-refractivity contribution in [3.63, 3.8) is 0 Å². The maximum atomic E-state index is 11.0. The summed E-state index contributed by atoms with van der Waals surface area (Å²) >= 11 is 0. The number of aldehydes is 1. The zero-order chi connectivity index (χ0) is 17.7. The summed E-state index contributed by atoms with van der Waals surface area (Å²) in [5.41, 5.74) is 0. The molecule has 1 saturated heterocycles. The van der Waals surface area contributed by atoms with Crippen molar-refractivity contribution < 1.29 is 55.1 Å². The molecule has 1 aliphatic heterocycles. The monoisotopic (exact) mass is 342 g/mol. The second-order valence-electron chi connectivity index (χ2n) is 5.17. The lowest BCUT2D eigenvalue weighted by molar-refractivity contribution is -0.315. The van der Waals surface area contributed by atoms with Crippen molar-refractivity contribution in [3.05, 3.63) is 0 Å². The van der Waals surface area contributed by atoms with Gasteiger partial charge in [-0.15, -0.1) is 0 Å². The smallest absolute Gasteiger partial charge is 0.187 e. The zero-order valence-corrected chi connectivity index (χ0v) is 12.0. The molecule has 0 saturated carbocycles. The standard InChI is InChI=1S/C12H22O11/c13-1-4(16)7(17)8(18)5(2-14)22-12-11(21)10(20)9(19)6(3-15)23-12/h2,4-13,15-21H,1,3H2/t4?,5?,6-,7?,8?,9-,10+,11-,12+/m1/s1. The molecule has 0 aromatic carbocycles. The van der Waals surface area contributed by atoms with Gasteiger partial charge in [0.2, 0.25) is 0 Å². The minimum atomic E-state index is -1.97. The Kier molecular flexibility index (Phi) is 7.89. The molecule has 23 heavy (non-hydrogen) atoms. The first-order chi connectivity index (χ1) is 10.8. The van der Waals surface area contributed by atoms with Crippen LogP contribution in [0.25, 0.3) is 0 Å². The van der Waals surface area contributed by atoms with E-state index in [9.17, 15) is 35.4 Å². The van der Waals surface area contributed by atoms with E-state index in [0.29, 0.717) is 0 Å². The summed E-state index contributed by atoms with van der Waals surface area (Å²) in [5.74, 6) is 0. The van der Waals surface area contributed by atoms with Crippen LogP contribution in [0.15, 0.2) is 0 Å². The molecule has 1 aliphatic rings. The maximum Gasteiger partial charge on any atom is 0.187 e. The lowest BCUT2D eigenvalue weighted by atomic mass is 9.99. The summed E-state index contributed by atoms with van der Waals surface area (Å²) in [6.07, 6.45) is -15.5. The lowest BCUT2D eigenvalue weighted by Crippen LogP contribution is -2.60. The normalized spacial score (nSPS) is 37.0. The Morgan fingerprint density at radius 3 is 2.09 bits per heavy atom. The highest BCUT2D eigenvalue weighted by atomic mass is 16.7. The highest BCUT2D eigenvalue weighted by Gasteiger charge is 2.46. The summed E-state index contributed by atoms with van der Waals surface area (Å²) in [7, 11) is 0. The highest BCUT2D eigenvalue weighted by Crippen LogP contribution is 2.23. The van der Waals surface area contributed by atoms with Crippen molar-refractivity contribution in [3.8, 4) is 0 Å². The molecule has 4 unspecified atom stereocenters. The quantitative estimate of drug-likeness (QED) is 0.196. The summed E-state index contributed by atoms with van der Waals surface area (Å²) in [4.78, 5) is 11.0. The predicted molar refractivity (Wildman–Crippen MR) is 69.8 cm³/mol. The molecule has 0 spiro atoms. The first kappa shape index (κ1) is 20.3. The third-order valence-corrected chi connectivity index (χ3v) is 3.54. The molecule has 136 valence electrons. The first-order valence-corrected chi connectivity index (χ1v) is 6.84. The SMILES string of the molecule is O=CC(O[C@H]1O[C@H](CO)[C@@H](O)[C@H](O)[C@H]1O)C(O)C(O)C(O)CO. The van der Waals surface area contributed by atoms with Gasteiger partial charge in [0.15, 0.2) is 12.6 Å². The lowest BCUT2D eigenvalue weighted by Gasteiger charge is -2.41. The van der Waals surface area contributed by atoms with Crippen LogP contribution in [0.4, 0.5) is 0 Å². The van der Waals surface area contributed by atoms with E-state index in [1.54, 1.807) is 0 Å². The number of aliphatic hydroxyl groups excluding tert-OH is 8. The van der Waals surface area contributed by atoms with Crippen molar-refractivity contribution in [2.75, 3.05) is 13.2 Å². The van der Waals surface area contributed by atoms with Crippen molar-refractivity contribution in [2.24, 2.45) is 0 Å². The average Bonchev–Trinajstić information content (AvgIpc) is 2.57. The fourth-order valence-electron chi connectivity index (χ4n) is 2.06. The minimum absolute atomic E-state index is 0.0550. The first-order valence-electron chi connectivity index (χ1n) is 6.84. The van der Waals surface area contributed by atoms with Gasteiger partial charge in [0.05, 0.1) is 13.2 Å². The summed E-state index contributed by atoms with van der Waals surface area (Å²) in [6, 6.07) is 0. The van der Waals surface area contributed by atoms with Crippen LogP contribution in [-0.4, -0.2) is 115 Å². The van der Waals surface area contributed by atoms with Crippen molar-refractivity contribution >= 4 is 6.29 Å². The second kappa shape index (κ2) is 8.94. The Labute approximate surface area is 130 Å². The Bertz CT molecular complexity index is 365. The fourth-order valence-corrected chi connectivity index (χ4v) is 2.06. The van der Waals surface area contributed by atoms with E-state index in [4.69, 9.17) is 19.7 Å². The molecule has 9 atom stereocenters. The van der Waals surface area contributed by atoms with E-state index in [1.807, 2.05) is 0 Å². The van der Waals surface area contributed by atoms with Gasteiger partial charge >= 0.3 is 0 Å². The van der Waals surface area contributed by atoms with Gasteiger partial charge in [-0.25, -0.2) is 0 Å². The topological polar surface area (TPSA) is 197 Å². The molecular weight excluding hydrogens is 320 g/mol. The van der Waals surface area contributed by atoms with Crippen LogP contribution in [-0.2, 0) is 14.3 Å². The molecule has 1 fully saturated rings. The average molecular weight is 342 g/mol. The van der Waals surface area contributed by atoms with E-state index < -0.39 is 68.3 Å². The Balaban J connectivity index is 2.79. The van der Waals surface area contributed by atoms with E-state index in [0.717, 1.165) is 0 Å². The minimum Gasteiger partial charge on any atom is -0.394 e. The van der Waals surface area contributed by atoms with Crippen LogP contribution in [0.2, 0.25) is 0 Å². The van der Waals surface area contributed by atoms with Gasteiger partial charge in [-0.3, -0.25) is 0 Å². The molecule has 1 heterocycles. The van der Waals surface area contributed by atoms with Gasteiger partial charge in [-0.2, -0.15) is 0 Å². The highest BCUT2D eigenvalue weighted by molar-refractivity contribution is 5.57. The van der Waals surface area contributed by atoms with Crippen LogP contribution in [0.3, 0.4) is 0 Å². The zero-order valence-electron chi connectivity index (χ0n) is 12.0. The van der Waals surface area contributed by atoms with Gasteiger partial charge < -0.3 is 55.1 Å². The molecule has 8 N–H and O–H groups in total. The van der Waals surface area contributed by atoms with Gasteiger partial charge in [-0.1, -0.05) is 0 Å². The van der Waals surface area contributed by atoms with Gasteiger partial charge in [-0.05, 0) is 0 Å². The van der Waals surface area contributed by atoms with Crippen molar-refractivity contribution in [1.82, 2.24) is 0 Å². The molecule has 0 amide bonds. The fraction of sp³-hybridized carbons (Fsp3) is 0.917. The number of carbonyl (C=O) groups excluding carboxylic acids is 1. The number of ether oxygens (including phenoxy) is 2. The van der Waals surface area contributed by atoms with Crippen LogP contribution >= 0.6 is 0 Å². The summed E-state index contributed by atoms with van der Waals surface area (Å²) in [5, 5.41) is 75.2. The summed E-state index contributed by atoms with van der Waals surface area (Å²) in [6.45, 7) is -1.60. The molecule has 0 aliphatic carbocycles. The van der Waals surface area contributed by atoms with E-state index in [1.165, 1.54) is 0 Å². The summed E-state index contributed by atoms with van der Waals surface area (Å²) < 4.78 is 9.94. The second-order valence-corrected chi connectivity index (χ2v) is 5.17. The number of aliphatic hydroxyl groups is 8. The van der Waals surface area contributed by atoms with Gasteiger partial charge in [0.25, 0.3) is 0 Å². The molecule has 0 aromatic heterocycles. The maximum absolute atomic E-state index is 11.0. The van der Waals surface area contributed by atoms with Crippen LogP contribution in [0.1, 0.15) is 0 Å². The van der Waals surface area contributed by atoms with Crippen LogP contribution in [0.5, 0.6) is 0 Å². The molecular formula is C12H22O11. The molecule has 11 nitrogen and oxygen atoms in total. The van der Waals surface area contributed by atoms with Crippen molar-refractivity contribution in [1.29, 1.82) is 0 Å². The van der Waals surface area contributed by atoms with Crippen molar-refractivity contribution in [2.45, 2.75) is 55.1 Å². The number of rotatable bonds is 8. The number of hydrogen-bond acceptors (Lipinski definition) is 11. The molecule has 0 bridgehead atoms. The van der Waals surface area contributed by atoms with E-state index in [2.05, 4.69) is 0 Å². The molecule has 0 aromatic rings. The number of hydrogen-bond donors (Lipinski definition) is 8. The Morgan fingerprint density at radius 2 is 1.61 bits per heavy atom.